The molecule has 162 valence electrons. The SMILES string of the molecule is CCOc1ccc(S(=O)(=O)N[C@@H](Cc2ccccc2)C(=O)Nc2ccccc2Br)cc1. The highest BCUT2D eigenvalue weighted by Crippen LogP contribution is 2.22. The maximum absolute atomic E-state index is 13.0. The van der Waals surface area contributed by atoms with Crippen molar-refractivity contribution in [2.45, 2.75) is 24.3 Å². The number of nitrogens with one attached hydrogen (secondary N) is 2. The van der Waals surface area contributed by atoms with Crippen LogP contribution < -0.4 is 14.8 Å². The average molecular weight is 503 g/mol. The smallest absolute Gasteiger partial charge is 0.242 e. The van der Waals surface area contributed by atoms with Crippen molar-refractivity contribution in [1.82, 2.24) is 4.72 Å². The first-order valence-electron chi connectivity index (χ1n) is 9.73. The number of amides is 1. The van der Waals surface area contributed by atoms with Gasteiger partial charge in [-0.15, -0.1) is 0 Å². The molecule has 1 atom stereocenters. The third-order valence-electron chi connectivity index (χ3n) is 4.47. The third-order valence-corrected chi connectivity index (χ3v) is 6.65. The molecule has 0 aliphatic heterocycles. The summed E-state index contributed by atoms with van der Waals surface area (Å²) in [7, 11) is -3.94. The Bertz CT molecular complexity index is 1120. The van der Waals surface area contributed by atoms with Gasteiger partial charge >= 0.3 is 0 Å². The molecule has 3 aromatic carbocycles. The van der Waals surface area contributed by atoms with Crippen LogP contribution >= 0.6 is 15.9 Å². The van der Waals surface area contributed by atoms with Gasteiger partial charge in [-0.2, -0.15) is 4.72 Å². The Labute approximate surface area is 190 Å². The van der Waals surface area contributed by atoms with Crippen LogP contribution in [0.4, 0.5) is 5.69 Å². The number of hydrogen-bond acceptors (Lipinski definition) is 4. The van der Waals surface area contributed by atoms with Gasteiger partial charge in [-0.25, -0.2) is 8.42 Å². The molecule has 0 saturated heterocycles. The number of carbonyl (C=O) groups is 1. The molecule has 2 N–H and O–H groups in total. The molecule has 0 bridgehead atoms. The van der Waals surface area contributed by atoms with Crippen molar-refractivity contribution >= 4 is 37.5 Å². The minimum absolute atomic E-state index is 0.0581. The van der Waals surface area contributed by atoms with E-state index in [1.54, 1.807) is 30.3 Å². The van der Waals surface area contributed by atoms with Gasteiger partial charge in [-0.05, 0) is 71.2 Å². The highest BCUT2D eigenvalue weighted by atomic mass is 79.9. The van der Waals surface area contributed by atoms with Crippen LogP contribution in [0.15, 0.2) is 88.2 Å². The van der Waals surface area contributed by atoms with Crippen molar-refractivity contribution in [3.8, 4) is 5.75 Å². The minimum atomic E-state index is -3.94. The van der Waals surface area contributed by atoms with Gasteiger partial charge in [0.2, 0.25) is 15.9 Å². The molecule has 31 heavy (non-hydrogen) atoms. The lowest BCUT2D eigenvalue weighted by Crippen LogP contribution is -2.45. The Morgan fingerprint density at radius 3 is 2.26 bits per heavy atom. The molecule has 0 aromatic heterocycles. The molecular formula is C23H23BrN2O4S. The Morgan fingerprint density at radius 2 is 1.61 bits per heavy atom. The first-order valence-corrected chi connectivity index (χ1v) is 12.0. The zero-order chi connectivity index (χ0) is 22.3. The Kier molecular flexibility index (Phi) is 7.84. The van der Waals surface area contributed by atoms with E-state index in [9.17, 15) is 13.2 Å². The molecule has 3 aromatic rings. The Hall–Kier alpha value is -2.68. The van der Waals surface area contributed by atoms with E-state index in [0.717, 1.165) is 5.56 Å². The molecule has 3 rings (SSSR count). The van der Waals surface area contributed by atoms with E-state index in [1.807, 2.05) is 43.3 Å². The predicted molar refractivity (Wildman–Crippen MR) is 125 cm³/mol. The van der Waals surface area contributed by atoms with Crippen LogP contribution in [0.5, 0.6) is 5.75 Å². The summed E-state index contributed by atoms with van der Waals surface area (Å²) in [5, 5.41) is 2.80. The fourth-order valence-corrected chi connectivity index (χ4v) is 4.54. The normalized spacial score (nSPS) is 12.2. The van der Waals surface area contributed by atoms with Crippen LogP contribution in [0.2, 0.25) is 0 Å². The van der Waals surface area contributed by atoms with E-state index in [4.69, 9.17) is 4.74 Å². The first kappa shape index (κ1) is 23.0. The summed E-state index contributed by atoms with van der Waals surface area (Å²) in [5.74, 6) is 0.124. The summed E-state index contributed by atoms with van der Waals surface area (Å²) in [6, 6.07) is 21.5. The lowest BCUT2D eigenvalue weighted by atomic mass is 10.1. The molecule has 0 radical (unpaired) electrons. The largest absolute Gasteiger partial charge is 0.494 e. The fraction of sp³-hybridized carbons (Fsp3) is 0.174. The standard InChI is InChI=1S/C23H23BrN2O4S/c1-2-30-18-12-14-19(15-13-18)31(28,29)26-22(16-17-8-4-3-5-9-17)23(27)25-21-11-7-6-10-20(21)24/h3-15,22,26H,2,16H2,1H3,(H,25,27)/t22-/m0/s1. The number of anilines is 1. The molecule has 0 saturated carbocycles. The summed E-state index contributed by atoms with van der Waals surface area (Å²) in [4.78, 5) is 13.1. The number of para-hydroxylation sites is 1. The molecule has 0 aliphatic carbocycles. The van der Waals surface area contributed by atoms with Crippen LogP contribution in [0.25, 0.3) is 0 Å². The predicted octanol–water partition coefficient (Wildman–Crippen LogP) is 4.38. The van der Waals surface area contributed by atoms with Gasteiger partial charge in [-0.3, -0.25) is 4.79 Å². The molecule has 6 nitrogen and oxygen atoms in total. The molecule has 0 fully saturated rings. The maximum atomic E-state index is 13.0. The van der Waals surface area contributed by atoms with Crippen molar-refractivity contribution in [3.05, 3.63) is 88.9 Å². The lowest BCUT2D eigenvalue weighted by molar-refractivity contribution is -0.117. The quantitative estimate of drug-likeness (QED) is 0.454. The lowest BCUT2D eigenvalue weighted by Gasteiger charge is -2.19. The van der Waals surface area contributed by atoms with Gasteiger partial charge in [0.25, 0.3) is 0 Å². The second-order valence-corrected chi connectivity index (χ2v) is 9.31. The number of hydrogen-bond donors (Lipinski definition) is 2. The second kappa shape index (κ2) is 10.6. The molecule has 0 aliphatic rings. The van der Waals surface area contributed by atoms with E-state index in [2.05, 4.69) is 26.0 Å². The van der Waals surface area contributed by atoms with E-state index >= 15 is 0 Å². The third kappa shape index (κ3) is 6.40. The Balaban J connectivity index is 1.84. The van der Waals surface area contributed by atoms with Crippen LogP contribution in [-0.4, -0.2) is 27.0 Å². The average Bonchev–Trinajstić information content (AvgIpc) is 2.76. The highest BCUT2D eigenvalue weighted by Gasteiger charge is 2.26. The van der Waals surface area contributed by atoms with Crippen molar-refractivity contribution in [2.24, 2.45) is 0 Å². The van der Waals surface area contributed by atoms with Gasteiger partial charge in [0.15, 0.2) is 0 Å². The van der Waals surface area contributed by atoms with Gasteiger partial charge in [0, 0.05) is 4.47 Å². The zero-order valence-electron chi connectivity index (χ0n) is 16.9. The molecule has 8 heteroatoms. The summed E-state index contributed by atoms with van der Waals surface area (Å²) in [6.07, 6.45) is 0.202. The highest BCUT2D eigenvalue weighted by molar-refractivity contribution is 9.10. The molecule has 0 heterocycles. The van der Waals surface area contributed by atoms with E-state index in [1.165, 1.54) is 12.1 Å². The second-order valence-electron chi connectivity index (χ2n) is 6.74. The molecule has 1 amide bonds. The zero-order valence-corrected chi connectivity index (χ0v) is 19.3. The number of rotatable bonds is 9. The maximum Gasteiger partial charge on any atom is 0.242 e. The topological polar surface area (TPSA) is 84.5 Å². The summed E-state index contributed by atoms with van der Waals surface area (Å²) < 4.78 is 34.6. The van der Waals surface area contributed by atoms with E-state index in [0.29, 0.717) is 22.5 Å². The summed E-state index contributed by atoms with van der Waals surface area (Å²) >= 11 is 3.39. The van der Waals surface area contributed by atoms with Crippen LogP contribution in [0.1, 0.15) is 12.5 Å². The van der Waals surface area contributed by atoms with E-state index in [-0.39, 0.29) is 11.3 Å². The van der Waals surface area contributed by atoms with Crippen molar-refractivity contribution in [1.29, 1.82) is 0 Å². The van der Waals surface area contributed by atoms with E-state index < -0.39 is 22.0 Å². The fourth-order valence-electron chi connectivity index (χ4n) is 2.96. The number of ether oxygens (including phenoxy) is 1. The number of halogens is 1. The van der Waals surface area contributed by atoms with Gasteiger partial charge in [0.05, 0.1) is 17.2 Å². The summed E-state index contributed by atoms with van der Waals surface area (Å²) in [5.41, 5.74) is 1.40. The van der Waals surface area contributed by atoms with Crippen LogP contribution in [0.3, 0.4) is 0 Å². The summed E-state index contributed by atoms with van der Waals surface area (Å²) in [6.45, 7) is 2.34. The van der Waals surface area contributed by atoms with Crippen LogP contribution in [0, 0.1) is 0 Å². The van der Waals surface area contributed by atoms with Crippen molar-refractivity contribution in [2.75, 3.05) is 11.9 Å². The first-order chi connectivity index (χ1) is 14.9. The minimum Gasteiger partial charge on any atom is -0.494 e. The number of sulfonamides is 1. The van der Waals surface area contributed by atoms with Gasteiger partial charge in [0.1, 0.15) is 11.8 Å². The monoisotopic (exact) mass is 502 g/mol. The Morgan fingerprint density at radius 1 is 0.968 bits per heavy atom. The number of benzene rings is 3. The molecule has 0 unspecified atom stereocenters. The van der Waals surface area contributed by atoms with Crippen molar-refractivity contribution < 1.29 is 17.9 Å². The van der Waals surface area contributed by atoms with Gasteiger partial charge < -0.3 is 10.1 Å². The van der Waals surface area contributed by atoms with Gasteiger partial charge in [-0.1, -0.05) is 42.5 Å². The van der Waals surface area contributed by atoms with Crippen LogP contribution in [-0.2, 0) is 21.2 Å². The van der Waals surface area contributed by atoms with Crippen molar-refractivity contribution in [3.63, 3.8) is 0 Å². The number of carbonyl (C=O) groups excluding carboxylic acids is 1. The molecular weight excluding hydrogens is 480 g/mol. The molecule has 0 spiro atoms.